The summed E-state index contributed by atoms with van der Waals surface area (Å²) in [6.07, 6.45) is -0.444. The fourth-order valence-electron chi connectivity index (χ4n) is 3.90. The number of hydrogen-bond donors (Lipinski definition) is 0. The Kier molecular flexibility index (Phi) is 7.07. The lowest BCUT2D eigenvalue weighted by Gasteiger charge is -2.19. The number of benzene rings is 3. The third-order valence-electron chi connectivity index (χ3n) is 5.84. The molecule has 0 aromatic heterocycles. The predicted molar refractivity (Wildman–Crippen MR) is 129 cm³/mol. The van der Waals surface area contributed by atoms with E-state index in [0.29, 0.717) is 23.4 Å². The van der Waals surface area contributed by atoms with E-state index in [1.54, 1.807) is 60.4 Å². The topological polar surface area (TPSA) is 72.9 Å². The van der Waals surface area contributed by atoms with Gasteiger partial charge in [0.15, 0.2) is 6.10 Å². The maximum absolute atomic E-state index is 12.8. The van der Waals surface area contributed by atoms with Gasteiger partial charge >= 0.3 is 5.97 Å². The fourth-order valence-corrected chi connectivity index (χ4v) is 3.90. The number of amides is 1. The van der Waals surface area contributed by atoms with Crippen LogP contribution in [0, 0.1) is 12.8 Å². The molecule has 3 aromatic carbocycles. The summed E-state index contributed by atoms with van der Waals surface area (Å²) in [5.74, 6) is -0.146. The summed E-state index contributed by atoms with van der Waals surface area (Å²) >= 11 is 0. The van der Waals surface area contributed by atoms with E-state index in [1.807, 2.05) is 37.3 Å². The van der Waals surface area contributed by atoms with E-state index >= 15 is 0 Å². The molecule has 0 N–H and O–H groups in total. The lowest BCUT2D eigenvalue weighted by Crippen LogP contribution is -2.31. The maximum Gasteiger partial charge on any atom is 0.312 e. The van der Waals surface area contributed by atoms with Crippen molar-refractivity contribution < 1.29 is 23.9 Å². The number of ketones is 1. The molecule has 0 radical (unpaired) electrons. The van der Waals surface area contributed by atoms with Crippen molar-refractivity contribution in [2.45, 2.75) is 32.8 Å². The summed E-state index contributed by atoms with van der Waals surface area (Å²) < 4.78 is 11.4. The zero-order valence-electron chi connectivity index (χ0n) is 19.3. The van der Waals surface area contributed by atoms with Gasteiger partial charge in [-0.1, -0.05) is 55.0 Å². The minimum atomic E-state index is -0.864. The normalized spacial score (nSPS) is 16.2. The van der Waals surface area contributed by atoms with Gasteiger partial charge in [0.05, 0.1) is 5.92 Å². The summed E-state index contributed by atoms with van der Waals surface area (Å²) in [6, 6.07) is 23.7. The number of anilines is 1. The molecule has 1 aliphatic heterocycles. The van der Waals surface area contributed by atoms with Crippen LogP contribution in [0.5, 0.6) is 11.5 Å². The summed E-state index contributed by atoms with van der Waals surface area (Å²) in [6.45, 7) is 4.02. The number of rotatable bonds is 8. The largest absolute Gasteiger partial charge is 0.457 e. The van der Waals surface area contributed by atoms with Gasteiger partial charge in [0.25, 0.3) is 0 Å². The minimum absolute atomic E-state index is 0.0520. The molecule has 4 rings (SSSR count). The summed E-state index contributed by atoms with van der Waals surface area (Å²) in [5.41, 5.74) is 2.33. The Morgan fingerprint density at radius 1 is 0.941 bits per heavy atom. The van der Waals surface area contributed by atoms with Crippen LogP contribution in [0.4, 0.5) is 5.69 Å². The molecule has 1 fully saturated rings. The van der Waals surface area contributed by atoms with Crippen LogP contribution in [-0.4, -0.2) is 30.3 Å². The Morgan fingerprint density at radius 3 is 2.18 bits per heavy atom. The van der Waals surface area contributed by atoms with Gasteiger partial charge in [-0.25, -0.2) is 0 Å². The van der Waals surface area contributed by atoms with Gasteiger partial charge in [-0.2, -0.15) is 0 Å². The Bertz CT molecular complexity index is 1160. The molecular formula is C28H27NO5. The number of nitrogens with zero attached hydrogens (tertiary/aromatic N) is 1. The van der Waals surface area contributed by atoms with Gasteiger partial charge in [0.2, 0.25) is 11.7 Å². The zero-order chi connectivity index (χ0) is 24.1. The monoisotopic (exact) mass is 457 g/mol. The van der Waals surface area contributed by atoms with Crippen molar-refractivity contribution in [1.29, 1.82) is 0 Å². The fraction of sp³-hybridized carbons (Fsp3) is 0.250. The standard InChI is InChI=1S/C28H27NO5/c1-3-25(27(31)20-7-5-4-6-8-20)34-28(32)21-17-26(30)29(18-21)22-11-15-24(16-12-22)33-23-13-9-19(2)10-14-23/h4-16,21,25H,3,17-18H2,1-2H3/t21-,25-/m1/s1. The van der Waals surface area contributed by atoms with E-state index in [-0.39, 0.29) is 24.7 Å². The smallest absolute Gasteiger partial charge is 0.312 e. The van der Waals surface area contributed by atoms with Gasteiger partial charge in [0.1, 0.15) is 11.5 Å². The Hall–Kier alpha value is -3.93. The van der Waals surface area contributed by atoms with Crippen LogP contribution in [0.25, 0.3) is 0 Å². The van der Waals surface area contributed by atoms with Gasteiger partial charge < -0.3 is 14.4 Å². The number of carbonyl (C=O) groups is 3. The average molecular weight is 458 g/mol. The third-order valence-corrected chi connectivity index (χ3v) is 5.84. The van der Waals surface area contributed by atoms with Gasteiger partial charge in [-0.05, 0) is 49.7 Å². The first-order chi connectivity index (χ1) is 16.4. The molecule has 1 saturated heterocycles. The molecule has 6 nitrogen and oxygen atoms in total. The lowest BCUT2D eigenvalue weighted by molar-refractivity contribution is -0.151. The van der Waals surface area contributed by atoms with Crippen LogP contribution in [0.1, 0.15) is 35.7 Å². The van der Waals surface area contributed by atoms with E-state index in [9.17, 15) is 14.4 Å². The molecule has 174 valence electrons. The molecule has 2 atom stereocenters. The van der Waals surface area contributed by atoms with E-state index in [0.717, 1.165) is 11.3 Å². The minimum Gasteiger partial charge on any atom is -0.457 e. The number of esters is 1. The molecule has 0 spiro atoms. The molecule has 3 aromatic rings. The molecule has 0 aliphatic carbocycles. The summed E-state index contributed by atoms with van der Waals surface area (Å²) in [7, 11) is 0. The number of aryl methyl sites for hydroxylation is 1. The molecule has 34 heavy (non-hydrogen) atoms. The van der Waals surface area contributed by atoms with Crippen molar-refractivity contribution >= 4 is 23.3 Å². The molecule has 1 aliphatic rings. The maximum atomic E-state index is 12.8. The van der Waals surface area contributed by atoms with Crippen molar-refractivity contribution in [3.8, 4) is 11.5 Å². The highest BCUT2D eigenvalue weighted by Crippen LogP contribution is 2.29. The van der Waals surface area contributed by atoms with Crippen LogP contribution < -0.4 is 9.64 Å². The SMILES string of the molecule is CC[C@@H](OC(=O)[C@@H]1CC(=O)N(c2ccc(Oc3ccc(C)cc3)cc2)C1)C(=O)c1ccccc1. The quantitative estimate of drug-likeness (QED) is 0.337. The van der Waals surface area contributed by atoms with Gasteiger partial charge in [-0.3, -0.25) is 14.4 Å². The summed E-state index contributed by atoms with van der Waals surface area (Å²) in [4.78, 5) is 39.7. The van der Waals surface area contributed by atoms with Crippen molar-refractivity contribution in [2.24, 2.45) is 5.92 Å². The molecule has 6 heteroatoms. The Labute approximate surface area is 199 Å². The highest BCUT2D eigenvalue weighted by molar-refractivity contribution is 6.02. The predicted octanol–water partition coefficient (Wildman–Crippen LogP) is 5.34. The van der Waals surface area contributed by atoms with E-state index in [4.69, 9.17) is 9.47 Å². The van der Waals surface area contributed by atoms with Crippen molar-refractivity contribution in [3.63, 3.8) is 0 Å². The van der Waals surface area contributed by atoms with Crippen molar-refractivity contribution in [1.82, 2.24) is 0 Å². The number of Topliss-reactive ketones (excluding diaryl/α,β-unsaturated/α-hetero) is 1. The van der Waals surface area contributed by atoms with Crippen LogP contribution in [0.2, 0.25) is 0 Å². The van der Waals surface area contributed by atoms with Crippen LogP contribution >= 0.6 is 0 Å². The Morgan fingerprint density at radius 2 is 1.56 bits per heavy atom. The van der Waals surface area contributed by atoms with Gasteiger partial charge in [0, 0.05) is 24.2 Å². The molecule has 0 bridgehead atoms. The van der Waals surface area contributed by atoms with E-state index < -0.39 is 18.0 Å². The van der Waals surface area contributed by atoms with Gasteiger partial charge in [-0.15, -0.1) is 0 Å². The highest BCUT2D eigenvalue weighted by Gasteiger charge is 2.37. The number of hydrogen-bond acceptors (Lipinski definition) is 5. The zero-order valence-corrected chi connectivity index (χ0v) is 19.3. The summed E-state index contributed by atoms with van der Waals surface area (Å²) in [5, 5.41) is 0. The molecular weight excluding hydrogens is 430 g/mol. The second-order valence-corrected chi connectivity index (χ2v) is 8.38. The van der Waals surface area contributed by atoms with Crippen molar-refractivity contribution in [2.75, 3.05) is 11.4 Å². The Balaban J connectivity index is 1.37. The second-order valence-electron chi connectivity index (χ2n) is 8.38. The molecule has 1 amide bonds. The van der Waals surface area contributed by atoms with E-state index in [1.165, 1.54) is 0 Å². The molecule has 0 unspecified atom stereocenters. The van der Waals surface area contributed by atoms with E-state index in [2.05, 4.69) is 0 Å². The van der Waals surface area contributed by atoms with Crippen LogP contribution in [-0.2, 0) is 14.3 Å². The van der Waals surface area contributed by atoms with Crippen LogP contribution in [0.15, 0.2) is 78.9 Å². The number of ether oxygens (including phenoxy) is 2. The average Bonchev–Trinajstić information content (AvgIpc) is 3.26. The first-order valence-electron chi connectivity index (χ1n) is 11.4. The first kappa shape index (κ1) is 23.2. The molecule has 1 heterocycles. The second kappa shape index (κ2) is 10.3. The lowest BCUT2D eigenvalue weighted by atomic mass is 10.0. The third kappa shape index (κ3) is 5.34. The number of carbonyl (C=O) groups excluding carboxylic acids is 3. The molecule has 0 saturated carbocycles. The van der Waals surface area contributed by atoms with Crippen LogP contribution in [0.3, 0.4) is 0 Å². The highest BCUT2D eigenvalue weighted by atomic mass is 16.5. The first-order valence-corrected chi connectivity index (χ1v) is 11.4. The van der Waals surface area contributed by atoms with Crippen molar-refractivity contribution in [3.05, 3.63) is 90.0 Å².